The van der Waals surface area contributed by atoms with Crippen molar-refractivity contribution in [2.75, 3.05) is 5.75 Å². The molecule has 1 amide bonds. The van der Waals surface area contributed by atoms with Crippen molar-refractivity contribution in [3.05, 3.63) is 90.8 Å². The lowest BCUT2D eigenvalue weighted by Crippen LogP contribution is -2.37. The summed E-state index contributed by atoms with van der Waals surface area (Å²) in [6.07, 6.45) is 7.76. The van der Waals surface area contributed by atoms with Gasteiger partial charge >= 0.3 is 0 Å². The smallest absolute Gasteiger partial charge is 0.232 e. The van der Waals surface area contributed by atoms with Crippen LogP contribution in [-0.2, 0) is 27.8 Å². The topological polar surface area (TPSA) is 82.1 Å². The highest BCUT2D eigenvalue weighted by Crippen LogP contribution is 2.21. The minimum atomic E-state index is -1.37. The Bertz CT molecular complexity index is 1140. The number of nitrogens with zero attached hydrogens (tertiary/aromatic N) is 3. The maximum Gasteiger partial charge on any atom is 0.232 e. The first-order valence-electron chi connectivity index (χ1n) is 10.0. The van der Waals surface area contributed by atoms with Crippen LogP contribution in [0.15, 0.2) is 83.9 Å². The van der Waals surface area contributed by atoms with E-state index in [0.717, 1.165) is 22.8 Å². The van der Waals surface area contributed by atoms with E-state index in [1.807, 2.05) is 83.2 Å². The van der Waals surface area contributed by atoms with Crippen molar-refractivity contribution in [2.45, 2.75) is 25.1 Å². The van der Waals surface area contributed by atoms with E-state index < -0.39 is 10.8 Å². The minimum Gasteiger partial charge on any atom is -0.469 e. The van der Waals surface area contributed by atoms with Crippen LogP contribution in [-0.4, -0.2) is 36.3 Å². The summed E-state index contributed by atoms with van der Waals surface area (Å²) in [7, 11) is -1.37. The molecule has 8 heteroatoms. The maximum atomic E-state index is 12.8. The lowest BCUT2D eigenvalue weighted by Gasteiger charge is -2.13. The average molecular weight is 437 g/mol. The van der Waals surface area contributed by atoms with Crippen molar-refractivity contribution >= 4 is 16.7 Å². The Morgan fingerprint density at radius 2 is 1.90 bits per heavy atom. The highest BCUT2D eigenvalue weighted by molar-refractivity contribution is 7.84. The highest BCUT2D eigenvalue weighted by Gasteiger charge is 2.18. The number of benzene rings is 1. The summed E-state index contributed by atoms with van der Waals surface area (Å²) in [5, 5.41) is 7.41. The molecule has 0 saturated heterocycles. The van der Waals surface area contributed by atoms with E-state index in [1.54, 1.807) is 12.5 Å². The zero-order valence-corrected chi connectivity index (χ0v) is 18.0. The first kappa shape index (κ1) is 20.9. The van der Waals surface area contributed by atoms with Gasteiger partial charge in [-0.05, 0) is 43.3 Å². The molecule has 7 nitrogen and oxygen atoms in total. The third-order valence-electron chi connectivity index (χ3n) is 4.77. The van der Waals surface area contributed by atoms with Crippen LogP contribution in [0.4, 0.5) is 0 Å². The summed E-state index contributed by atoms with van der Waals surface area (Å²) in [5.74, 6) is 1.55. The lowest BCUT2D eigenvalue weighted by atomic mass is 10.2. The van der Waals surface area contributed by atoms with Gasteiger partial charge in [0.2, 0.25) is 5.91 Å². The van der Waals surface area contributed by atoms with Crippen LogP contribution < -0.4 is 5.32 Å². The van der Waals surface area contributed by atoms with Crippen LogP contribution in [0.3, 0.4) is 0 Å². The summed E-state index contributed by atoms with van der Waals surface area (Å²) >= 11 is 0. The molecule has 0 aliphatic heterocycles. The molecule has 0 bridgehead atoms. The van der Waals surface area contributed by atoms with Crippen LogP contribution in [0, 0.1) is 0 Å². The fourth-order valence-corrected chi connectivity index (χ4v) is 4.48. The molecule has 160 valence electrons. The Balaban J connectivity index is 1.44. The van der Waals surface area contributed by atoms with Gasteiger partial charge in [-0.2, -0.15) is 5.10 Å². The second kappa shape index (κ2) is 9.61. The van der Waals surface area contributed by atoms with E-state index in [2.05, 4.69) is 10.4 Å². The minimum absolute atomic E-state index is 0.0653. The molecule has 0 radical (unpaired) electrons. The number of hydrogen-bond acceptors (Lipinski definition) is 4. The Hall–Kier alpha value is -3.39. The number of rotatable bonds is 9. The van der Waals surface area contributed by atoms with Crippen LogP contribution in [0.25, 0.3) is 11.5 Å². The molecule has 4 rings (SSSR count). The average Bonchev–Trinajstić information content (AvgIpc) is 3.50. The monoisotopic (exact) mass is 436 g/mol. The number of amides is 1. The quantitative estimate of drug-likeness (QED) is 0.437. The fraction of sp³-hybridized carbons (Fsp3) is 0.217. The number of furan rings is 1. The van der Waals surface area contributed by atoms with Gasteiger partial charge in [0, 0.05) is 41.2 Å². The highest BCUT2D eigenvalue weighted by atomic mass is 32.2. The van der Waals surface area contributed by atoms with Gasteiger partial charge in [-0.25, -0.2) is 4.68 Å². The molecule has 3 aromatic heterocycles. The van der Waals surface area contributed by atoms with Gasteiger partial charge in [0.15, 0.2) is 0 Å². The summed E-state index contributed by atoms with van der Waals surface area (Å²) in [6.45, 7) is 1.90. The molecular formula is C23H24N4O3S. The van der Waals surface area contributed by atoms with Crippen molar-refractivity contribution in [3.63, 3.8) is 0 Å². The Kier molecular flexibility index (Phi) is 6.47. The zero-order valence-electron chi connectivity index (χ0n) is 17.2. The van der Waals surface area contributed by atoms with E-state index in [1.165, 1.54) is 0 Å². The largest absolute Gasteiger partial charge is 0.469 e. The van der Waals surface area contributed by atoms with Crippen LogP contribution in [0.1, 0.15) is 18.2 Å². The van der Waals surface area contributed by atoms with Gasteiger partial charge in [0.1, 0.15) is 17.3 Å². The first-order valence-corrected chi connectivity index (χ1v) is 11.5. The molecule has 2 atom stereocenters. The number of aromatic nitrogens is 3. The fourth-order valence-electron chi connectivity index (χ4n) is 3.46. The normalized spacial score (nSPS) is 13.1. The van der Waals surface area contributed by atoms with Crippen molar-refractivity contribution in [2.24, 2.45) is 0 Å². The SMILES string of the molecule is C[C@@H](Cc1ccco1)NC(=O)C[S@@](=O)Cc1cnn(-c2ccccc2)c1-n1cccc1. The standard InChI is InChI=1S/C23H24N4O3S/c1-18(14-21-10-7-13-30-21)25-22(28)17-31(29)16-19-15-24-27(20-8-3-2-4-9-20)23(19)26-11-5-6-12-26/h2-13,15,18H,14,16-17H2,1H3,(H,25,28)/t18-,31-/m0/s1. The molecule has 1 N–H and O–H groups in total. The molecule has 0 saturated carbocycles. The van der Waals surface area contributed by atoms with E-state index in [9.17, 15) is 9.00 Å². The van der Waals surface area contributed by atoms with Crippen molar-refractivity contribution in [1.82, 2.24) is 19.7 Å². The summed E-state index contributed by atoms with van der Waals surface area (Å²) < 4.78 is 21.8. The van der Waals surface area contributed by atoms with Gasteiger partial charge in [-0.3, -0.25) is 9.00 Å². The molecule has 3 heterocycles. The number of carbonyl (C=O) groups is 1. The van der Waals surface area contributed by atoms with E-state index in [-0.39, 0.29) is 23.5 Å². The van der Waals surface area contributed by atoms with E-state index in [4.69, 9.17) is 4.42 Å². The Morgan fingerprint density at radius 3 is 2.61 bits per heavy atom. The van der Waals surface area contributed by atoms with E-state index >= 15 is 0 Å². The van der Waals surface area contributed by atoms with Gasteiger partial charge in [-0.15, -0.1) is 0 Å². The molecular weight excluding hydrogens is 412 g/mol. The summed E-state index contributed by atoms with van der Waals surface area (Å²) in [4.78, 5) is 12.4. The van der Waals surface area contributed by atoms with E-state index in [0.29, 0.717) is 6.42 Å². The van der Waals surface area contributed by atoms with Crippen molar-refractivity contribution in [1.29, 1.82) is 0 Å². The number of para-hydroxylation sites is 1. The van der Waals surface area contributed by atoms with Crippen LogP contribution in [0.2, 0.25) is 0 Å². The molecule has 0 spiro atoms. The third-order valence-corrected chi connectivity index (χ3v) is 5.99. The van der Waals surface area contributed by atoms with Crippen molar-refractivity contribution in [3.8, 4) is 11.5 Å². The van der Waals surface area contributed by atoms with Crippen LogP contribution in [0.5, 0.6) is 0 Å². The zero-order chi connectivity index (χ0) is 21.6. The number of nitrogens with one attached hydrogen (secondary N) is 1. The number of carbonyl (C=O) groups excluding carboxylic acids is 1. The Morgan fingerprint density at radius 1 is 1.13 bits per heavy atom. The Labute approximate surface area is 183 Å². The van der Waals surface area contributed by atoms with Crippen molar-refractivity contribution < 1.29 is 13.4 Å². The summed E-state index contributed by atoms with van der Waals surface area (Å²) in [5.41, 5.74) is 1.72. The molecule has 31 heavy (non-hydrogen) atoms. The van der Waals surface area contributed by atoms with Gasteiger partial charge in [0.05, 0.1) is 23.9 Å². The molecule has 0 aliphatic rings. The lowest BCUT2D eigenvalue weighted by molar-refractivity contribution is -0.119. The second-order valence-corrected chi connectivity index (χ2v) is 8.77. The predicted molar refractivity (Wildman–Crippen MR) is 120 cm³/mol. The molecule has 1 aromatic carbocycles. The first-order chi connectivity index (χ1) is 15.1. The number of hydrogen-bond donors (Lipinski definition) is 1. The van der Waals surface area contributed by atoms with Gasteiger partial charge in [0.25, 0.3) is 0 Å². The maximum absolute atomic E-state index is 12.8. The molecule has 0 aliphatic carbocycles. The predicted octanol–water partition coefficient (Wildman–Crippen LogP) is 3.25. The molecule has 0 fully saturated rings. The summed E-state index contributed by atoms with van der Waals surface area (Å²) in [6, 6.07) is 17.2. The molecule has 0 unspecified atom stereocenters. The third kappa shape index (κ3) is 5.21. The van der Waals surface area contributed by atoms with Crippen LogP contribution >= 0.6 is 0 Å². The molecule has 4 aromatic rings. The second-order valence-electron chi connectivity index (χ2n) is 7.31. The van der Waals surface area contributed by atoms with Gasteiger partial charge in [-0.1, -0.05) is 18.2 Å². The van der Waals surface area contributed by atoms with Gasteiger partial charge < -0.3 is 14.3 Å².